The van der Waals surface area contributed by atoms with E-state index in [1.807, 2.05) is 41.0 Å². The van der Waals surface area contributed by atoms with Crippen LogP contribution < -0.4 is 10.7 Å². The number of rotatable bonds is 9. The van der Waals surface area contributed by atoms with Crippen LogP contribution >= 0.6 is 46.0 Å². The Balaban J connectivity index is 1.49. The van der Waals surface area contributed by atoms with Crippen molar-refractivity contribution in [2.75, 3.05) is 5.32 Å². The number of nitrogens with zero attached hydrogens (tertiary/aromatic N) is 4. The van der Waals surface area contributed by atoms with E-state index in [1.54, 1.807) is 19.1 Å². The number of para-hydroxylation sites is 1. The molecule has 0 saturated heterocycles. The zero-order chi connectivity index (χ0) is 26.4. The second kappa shape index (κ2) is 12.4. The Morgan fingerprint density at radius 1 is 1.19 bits per heavy atom. The van der Waals surface area contributed by atoms with Crippen LogP contribution in [0.2, 0.25) is 5.02 Å². The van der Waals surface area contributed by atoms with E-state index in [4.69, 9.17) is 11.6 Å². The van der Waals surface area contributed by atoms with Crippen LogP contribution in [0.15, 0.2) is 77.0 Å². The lowest BCUT2D eigenvalue weighted by molar-refractivity contribution is -0.120. The third kappa shape index (κ3) is 7.02. The second-order valence-corrected chi connectivity index (χ2v) is 11.1. The number of carbonyl (C=O) groups excluding carboxylic acids is 1. The summed E-state index contributed by atoms with van der Waals surface area (Å²) in [6.07, 6.45) is 1.35. The van der Waals surface area contributed by atoms with Crippen LogP contribution in [0.25, 0.3) is 5.69 Å². The molecule has 0 saturated carbocycles. The van der Waals surface area contributed by atoms with Crippen molar-refractivity contribution in [2.24, 2.45) is 5.10 Å². The molecule has 1 amide bonds. The van der Waals surface area contributed by atoms with Gasteiger partial charge in [0.1, 0.15) is 5.75 Å². The molecule has 1 heterocycles. The van der Waals surface area contributed by atoms with Gasteiger partial charge in [0.05, 0.1) is 18.0 Å². The molecule has 3 aromatic carbocycles. The topological polar surface area (TPSA) is 104 Å². The first-order chi connectivity index (χ1) is 17.8. The molecule has 4 aromatic rings. The van der Waals surface area contributed by atoms with Crippen LogP contribution in [0.3, 0.4) is 0 Å². The van der Waals surface area contributed by atoms with Gasteiger partial charge in [-0.25, -0.2) is 5.43 Å². The Hall–Kier alpha value is -3.09. The summed E-state index contributed by atoms with van der Waals surface area (Å²) >= 11 is 9.52. The highest BCUT2D eigenvalue weighted by atomic mass is 127. The van der Waals surface area contributed by atoms with E-state index in [-0.39, 0.29) is 11.7 Å². The third-order valence-electron chi connectivity index (χ3n) is 5.36. The maximum atomic E-state index is 12.7. The van der Waals surface area contributed by atoms with Crippen LogP contribution in [0.4, 0.5) is 5.69 Å². The van der Waals surface area contributed by atoms with Gasteiger partial charge in [0.2, 0.25) is 0 Å². The number of aromatic hydroxyl groups is 1. The molecule has 1 aromatic heterocycles. The number of aromatic nitrogens is 3. The van der Waals surface area contributed by atoms with Crippen LogP contribution in [-0.2, 0) is 11.3 Å². The van der Waals surface area contributed by atoms with E-state index in [2.05, 4.69) is 67.7 Å². The number of hydrazone groups is 1. The van der Waals surface area contributed by atoms with Crippen LogP contribution in [0.5, 0.6) is 5.75 Å². The van der Waals surface area contributed by atoms with Crippen LogP contribution in [-0.4, -0.2) is 37.2 Å². The Labute approximate surface area is 237 Å². The van der Waals surface area contributed by atoms with Crippen molar-refractivity contribution in [3.05, 3.63) is 92.3 Å². The first-order valence-corrected chi connectivity index (χ1v) is 13.6. The fourth-order valence-corrected chi connectivity index (χ4v) is 5.13. The number of benzene rings is 3. The standard InChI is InChI=1S/C26H24ClIN6O2S/c1-16-12-20(28)9-10-22(16)29-15-24-31-33-26(34(24)21-6-4-3-5-7-21)37-17(2)25(36)32-30-14-18-13-19(27)8-11-23(18)35/h3-14,17,29,35H,15H2,1-2H3,(H,32,36)/b30-14-/t17-/m0/s1. The quantitative estimate of drug-likeness (QED) is 0.0922. The molecule has 0 aliphatic heterocycles. The minimum atomic E-state index is -0.518. The molecule has 8 nitrogen and oxygen atoms in total. The minimum absolute atomic E-state index is 0.0161. The largest absolute Gasteiger partial charge is 0.507 e. The van der Waals surface area contributed by atoms with Crippen molar-refractivity contribution in [3.8, 4) is 11.4 Å². The number of carbonyl (C=O) groups is 1. The molecule has 0 aliphatic rings. The van der Waals surface area contributed by atoms with E-state index >= 15 is 0 Å². The number of aryl methyl sites for hydroxylation is 1. The fraction of sp³-hybridized carbons (Fsp3) is 0.154. The maximum Gasteiger partial charge on any atom is 0.253 e. The van der Waals surface area contributed by atoms with Crippen molar-refractivity contribution in [3.63, 3.8) is 0 Å². The average molecular weight is 647 g/mol. The van der Waals surface area contributed by atoms with E-state index in [0.717, 1.165) is 16.9 Å². The van der Waals surface area contributed by atoms with Gasteiger partial charge in [-0.05, 0) is 90.5 Å². The molecule has 37 heavy (non-hydrogen) atoms. The number of thioether (sulfide) groups is 1. The van der Waals surface area contributed by atoms with Crippen molar-refractivity contribution in [2.45, 2.75) is 30.8 Å². The average Bonchev–Trinajstić information content (AvgIpc) is 3.28. The normalized spacial score (nSPS) is 12.0. The zero-order valence-electron chi connectivity index (χ0n) is 20.0. The Bertz CT molecular complexity index is 1430. The van der Waals surface area contributed by atoms with Crippen molar-refractivity contribution >= 4 is 63.8 Å². The molecule has 11 heteroatoms. The summed E-state index contributed by atoms with van der Waals surface area (Å²) < 4.78 is 3.12. The van der Waals surface area contributed by atoms with E-state index in [0.29, 0.717) is 28.1 Å². The number of amides is 1. The molecule has 1 atom stereocenters. The van der Waals surface area contributed by atoms with E-state index in [1.165, 1.54) is 27.6 Å². The van der Waals surface area contributed by atoms with Gasteiger partial charge in [0.25, 0.3) is 5.91 Å². The minimum Gasteiger partial charge on any atom is -0.507 e. The van der Waals surface area contributed by atoms with Gasteiger partial charge in [0, 0.05) is 25.5 Å². The zero-order valence-corrected chi connectivity index (χ0v) is 23.8. The van der Waals surface area contributed by atoms with E-state index in [9.17, 15) is 9.90 Å². The molecule has 0 unspecified atom stereocenters. The predicted molar refractivity (Wildman–Crippen MR) is 157 cm³/mol. The molecule has 0 spiro atoms. The van der Waals surface area contributed by atoms with Crippen molar-refractivity contribution < 1.29 is 9.90 Å². The first-order valence-electron chi connectivity index (χ1n) is 11.3. The number of halogens is 2. The monoisotopic (exact) mass is 646 g/mol. The van der Waals surface area contributed by atoms with Gasteiger partial charge in [-0.15, -0.1) is 10.2 Å². The summed E-state index contributed by atoms with van der Waals surface area (Å²) in [5, 5.41) is 26.6. The smallest absolute Gasteiger partial charge is 0.253 e. The highest BCUT2D eigenvalue weighted by molar-refractivity contribution is 14.1. The van der Waals surface area contributed by atoms with E-state index < -0.39 is 5.25 Å². The number of phenolic OH excluding ortho intramolecular Hbond substituents is 1. The molecule has 3 N–H and O–H groups in total. The van der Waals surface area contributed by atoms with Gasteiger partial charge >= 0.3 is 0 Å². The molecule has 0 bridgehead atoms. The van der Waals surface area contributed by atoms with Crippen molar-refractivity contribution in [1.82, 2.24) is 20.2 Å². The molecule has 0 aliphatic carbocycles. The summed E-state index contributed by atoms with van der Waals surface area (Å²) in [6.45, 7) is 4.28. The fourth-order valence-electron chi connectivity index (χ4n) is 3.42. The molecule has 0 fully saturated rings. The number of hydrogen-bond donors (Lipinski definition) is 3. The lowest BCUT2D eigenvalue weighted by Crippen LogP contribution is -2.27. The lowest BCUT2D eigenvalue weighted by atomic mass is 10.2. The highest BCUT2D eigenvalue weighted by Gasteiger charge is 2.21. The number of anilines is 1. The first kappa shape index (κ1) is 27.0. The summed E-state index contributed by atoms with van der Waals surface area (Å²) in [6, 6.07) is 20.6. The van der Waals surface area contributed by atoms with Gasteiger partial charge in [-0.3, -0.25) is 9.36 Å². The third-order valence-corrected chi connectivity index (χ3v) is 7.31. The van der Waals surface area contributed by atoms with Gasteiger partial charge < -0.3 is 10.4 Å². The SMILES string of the molecule is Cc1cc(I)ccc1NCc1nnc(S[C@@H](C)C(=O)N/N=C\c2cc(Cl)ccc2O)n1-c1ccccc1. The molecular formula is C26H24ClIN6O2S. The molecular weight excluding hydrogens is 623 g/mol. The number of phenols is 1. The highest BCUT2D eigenvalue weighted by Crippen LogP contribution is 2.27. The summed E-state index contributed by atoms with van der Waals surface area (Å²) in [5.74, 6) is 0.413. The van der Waals surface area contributed by atoms with Crippen LogP contribution in [0.1, 0.15) is 23.9 Å². The molecule has 190 valence electrons. The summed E-state index contributed by atoms with van der Waals surface area (Å²) in [4.78, 5) is 12.7. The lowest BCUT2D eigenvalue weighted by Gasteiger charge is -2.14. The Morgan fingerprint density at radius 2 is 1.97 bits per heavy atom. The Kier molecular flexibility index (Phi) is 9.06. The van der Waals surface area contributed by atoms with Gasteiger partial charge in [0.15, 0.2) is 11.0 Å². The summed E-state index contributed by atoms with van der Waals surface area (Å²) in [7, 11) is 0. The molecule has 0 radical (unpaired) electrons. The number of nitrogens with one attached hydrogen (secondary N) is 2. The van der Waals surface area contributed by atoms with Gasteiger partial charge in [-0.1, -0.05) is 41.6 Å². The summed E-state index contributed by atoms with van der Waals surface area (Å²) in [5.41, 5.74) is 5.97. The predicted octanol–water partition coefficient (Wildman–Crippen LogP) is 5.78. The van der Waals surface area contributed by atoms with Crippen molar-refractivity contribution in [1.29, 1.82) is 0 Å². The Morgan fingerprint density at radius 3 is 2.73 bits per heavy atom. The molecule has 4 rings (SSSR count). The number of hydrogen-bond acceptors (Lipinski definition) is 7. The van der Waals surface area contributed by atoms with Gasteiger partial charge in [-0.2, -0.15) is 5.10 Å². The second-order valence-electron chi connectivity index (χ2n) is 8.08. The van der Waals surface area contributed by atoms with Crippen LogP contribution in [0, 0.1) is 10.5 Å². The maximum absolute atomic E-state index is 12.7.